The lowest BCUT2D eigenvalue weighted by molar-refractivity contribution is 0.0273. The number of rotatable bonds is 3. The molecule has 0 saturated carbocycles. The third-order valence-corrected chi connectivity index (χ3v) is 6.43. The Morgan fingerprint density at radius 3 is 2.85 bits per heavy atom. The molecule has 26 heavy (non-hydrogen) atoms. The predicted octanol–water partition coefficient (Wildman–Crippen LogP) is 2.95. The standard InChI is InChI=1S/C21H27N3O2/c1-23-18(15-26-2)7-8-21(23)9-12-24(13-10-21)20(25)17-5-6-19-16(14-17)4-3-11-22-19/h3-6,11,14,18H,7-10,12-13,15H2,1-2H3/t18-/m1/s1. The van der Waals surface area contributed by atoms with Gasteiger partial charge in [0.2, 0.25) is 0 Å². The van der Waals surface area contributed by atoms with Crippen molar-refractivity contribution in [2.75, 3.05) is 33.9 Å². The highest BCUT2D eigenvalue weighted by Crippen LogP contribution is 2.40. The van der Waals surface area contributed by atoms with E-state index in [1.165, 1.54) is 12.8 Å². The second kappa shape index (κ2) is 6.97. The Hall–Kier alpha value is -1.98. The van der Waals surface area contributed by atoms with Crippen molar-refractivity contribution in [2.45, 2.75) is 37.3 Å². The molecule has 2 aliphatic heterocycles. The summed E-state index contributed by atoms with van der Waals surface area (Å²) < 4.78 is 5.37. The van der Waals surface area contributed by atoms with Crippen molar-refractivity contribution in [3.63, 3.8) is 0 Å². The molecule has 0 aliphatic carbocycles. The maximum atomic E-state index is 13.0. The van der Waals surface area contributed by atoms with E-state index in [0.717, 1.165) is 49.0 Å². The number of methoxy groups -OCH3 is 1. The Kier molecular flexibility index (Phi) is 4.67. The molecule has 1 amide bonds. The smallest absolute Gasteiger partial charge is 0.253 e. The van der Waals surface area contributed by atoms with Crippen LogP contribution in [0.5, 0.6) is 0 Å². The molecule has 1 aromatic heterocycles. The van der Waals surface area contributed by atoms with Crippen LogP contribution in [0.3, 0.4) is 0 Å². The first-order chi connectivity index (χ1) is 12.6. The largest absolute Gasteiger partial charge is 0.383 e. The molecule has 2 aliphatic rings. The number of amides is 1. The summed E-state index contributed by atoms with van der Waals surface area (Å²) in [6.45, 7) is 2.45. The number of ether oxygens (including phenoxy) is 1. The summed E-state index contributed by atoms with van der Waals surface area (Å²) in [5, 5.41) is 1.02. The van der Waals surface area contributed by atoms with Crippen LogP contribution in [0.2, 0.25) is 0 Å². The first kappa shape index (κ1) is 17.4. The van der Waals surface area contributed by atoms with Gasteiger partial charge in [-0.15, -0.1) is 0 Å². The molecule has 2 fully saturated rings. The molecule has 2 saturated heterocycles. The Balaban J connectivity index is 1.45. The molecule has 0 unspecified atom stereocenters. The van der Waals surface area contributed by atoms with Crippen LogP contribution in [-0.4, -0.2) is 66.1 Å². The zero-order valence-electron chi connectivity index (χ0n) is 15.6. The molecule has 1 spiro atoms. The number of pyridine rings is 1. The number of hydrogen-bond donors (Lipinski definition) is 0. The van der Waals surface area contributed by atoms with Crippen molar-refractivity contribution >= 4 is 16.8 Å². The van der Waals surface area contributed by atoms with Crippen LogP contribution < -0.4 is 0 Å². The number of carbonyl (C=O) groups is 1. The molecule has 1 atom stereocenters. The minimum Gasteiger partial charge on any atom is -0.383 e. The lowest BCUT2D eigenvalue weighted by atomic mass is 9.85. The van der Waals surface area contributed by atoms with E-state index in [-0.39, 0.29) is 11.4 Å². The average molecular weight is 353 g/mol. The van der Waals surface area contributed by atoms with E-state index in [9.17, 15) is 4.79 Å². The van der Waals surface area contributed by atoms with Gasteiger partial charge in [-0.05, 0) is 57.0 Å². The van der Waals surface area contributed by atoms with E-state index >= 15 is 0 Å². The maximum absolute atomic E-state index is 13.0. The zero-order valence-corrected chi connectivity index (χ0v) is 15.6. The van der Waals surface area contributed by atoms with Crippen molar-refractivity contribution in [2.24, 2.45) is 0 Å². The Labute approximate surface area is 154 Å². The summed E-state index contributed by atoms with van der Waals surface area (Å²) in [5.41, 5.74) is 1.93. The fourth-order valence-corrected chi connectivity index (χ4v) is 4.70. The van der Waals surface area contributed by atoms with Crippen molar-refractivity contribution in [3.05, 3.63) is 42.1 Å². The van der Waals surface area contributed by atoms with Crippen LogP contribution in [0.1, 0.15) is 36.0 Å². The van der Waals surface area contributed by atoms with Gasteiger partial charge in [0.1, 0.15) is 0 Å². The molecule has 4 rings (SSSR count). The lowest BCUT2D eigenvalue weighted by Gasteiger charge is -2.45. The molecule has 0 N–H and O–H groups in total. The molecular weight excluding hydrogens is 326 g/mol. The van der Waals surface area contributed by atoms with Crippen molar-refractivity contribution in [3.8, 4) is 0 Å². The van der Waals surface area contributed by atoms with Crippen LogP contribution >= 0.6 is 0 Å². The number of fused-ring (bicyclic) bond motifs is 1. The monoisotopic (exact) mass is 353 g/mol. The molecule has 0 radical (unpaired) electrons. The summed E-state index contributed by atoms with van der Waals surface area (Å²) in [7, 11) is 4.00. The minimum absolute atomic E-state index is 0.139. The third kappa shape index (κ3) is 2.99. The van der Waals surface area contributed by atoms with Gasteiger partial charge in [0.05, 0.1) is 12.1 Å². The zero-order chi connectivity index (χ0) is 18.1. The number of nitrogens with zero attached hydrogens (tertiary/aromatic N) is 3. The number of hydrogen-bond acceptors (Lipinski definition) is 4. The quantitative estimate of drug-likeness (QED) is 0.851. The summed E-state index contributed by atoms with van der Waals surface area (Å²) >= 11 is 0. The number of likely N-dealkylation sites (tertiary alicyclic amines) is 2. The second-order valence-electron chi connectivity index (χ2n) is 7.69. The van der Waals surface area contributed by atoms with E-state index in [1.807, 2.05) is 35.2 Å². The van der Waals surface area contributed by atoms with E-state index in [0.29, 0.717) is 6.04 Å². The van der Waals surface area contributed by atoms with Gasteiger partial charge in [-0.25, -0.2) is 0 Å². The Bertz CT molecular complexity index is 799. The molecule has 3 heterocycles. The Morgan fingerprint density at radius 1 is 1.27 bits per heavy atom. The molecule has 138 valence electrons. The van der Waals surface area contributed by atoms with Crippen LogP contribution in [0, 0.1) is 0 Å². The summed E-state index contributed by atoms with van der Waals surface area (Å²) in [4.78, 5) is 21.8. The summed E-state index contributed by atoms with van der Waals surface area (Å²) in [5.74, 6) is 0.139. The minimum atomic E-state index is 0.139. The number of likely N-dealkylation sites (N-methyl/N-ethyl adjacent to an activating group) is 1. The van der Waals surface area contributed by atoms with Gasteiger partial charge in [0.15, 0.2) is 0 Å². The third-order valence-electron chi connectivity index (χ3n) is 6.43. The summed E-state index contributed by atoms with van der Waals surface area (Å²) in [6.07, 6.45) is 6.27. The van der Waals surface area contributed by atoms with Crippen molar-refractivity contribution < 1.29 is 9.53 Å². The van der Waals surface area contributed by atoms with Crippen molar-refractivity contribution in [1.29, 1.82) is 0 Å². The van der Waals surface area contributed by atoms with E-state index in [2.05, 4.69) is 16.9 Å². The van der Waals surface area contributed by atoms with E-state index in [4.69, 9.17) is 4.74 Å². The fourth-order valence-electron chi connectivity index (χ4n) is 4.70. The number of benzene rings is 1. The molecular formula is C21H27N3O2. The normalized spacial score (nSPS) is 23.0. The average Bonchev–Trinajstić information content (AvgIpc) is 2.98. The predicted molar refractivity (Wildman–Crippen MR) is 102 cm³/mol. The van der Waals surface area contributed by atoms with E-state index < -0.39 is 0 Å². The van der Waals surface area contributed by atoms with Gasteiger partial charge in [-0.3, -0.25) is 14.7 Å². The maximum Gasteiger partial charge on any atom is 0.253 e. The van der Waals surface area contributed by atoms with Gasteiger partial charge in [-0.2, -0.15) is 0 Å². The molecule has 2 aromatic rings. The Morgan fingerprint density at radius 2 is 2.08 bits per heavy atom. The first-order valence-corrected chi connectivity index (χ1v) is 9.49. The van der Waals surface area contributed by atoms with Gasteiger partial charge >= 0.3 is 0 Å². The van der Waals surface area contributed by atoms with Crippen molar-refractivity contribution in [1.82, 2.24) is 14.8 Å². The number of carbonyl (C=O) groups excluding carboxylic acids is 1. The SMILES string of the molecule is COC[C@H]1CCC2(CCN(C(=O)c3ccc4ncccc4c3)CC2)N1C. The van der Waals surface area contributed by atoms with Crippen LogP contribution in [-0.2, 0) is 4.74 Å². The van der Waals surface area contributed by atoms with Crippen LogP contribution in [0.15, 0.2) is 36.5 Å². The second-order valence-corrected chi connectivity index (χ2v) is 7.69. The highest BCUT2D eigenvalue weighted by atomic mass is 16.5. The van der Waals surface area contributed by atoms with Gasteiger partial charge in [-0.1, -0.05) is 6.07 Å². The van der Waals surface area contributed by atoms with Gasteiger partial charge in [0, 0.05) is 48.9 Å². The van der Waals surface area contributed by atoms with Crippen LogP contribution in [0.25, 0.3) is 10.9 Å². The molecule has 5 heteroatoms. The first-order valence-electron chi connectivity index (χ1n) is 9.49. The fraction of sp³-hybridized carbons (Fsp3) is 0.524. The molecule has 1 aromatic carbocycles. The highest BCUT2D eigenvalue weighted by Gasteiger charge is 2.46. The summed E-state index contributed by atoms with van der Waals surface area (Å²) in [6, 6.07) is 10.2. The molecule has 5 nitrogen and oxygen atoms in total. The molecule has 0 bridgehead atoms. The van der Waals surface area contributed by atoms with E-state index in [1.54, 1.807) is 13.3 Å². The topological polar surface area (TPSA) is 45.7 Å². The highest BCUT2D eigenvalue weighted by molar-refractivity contribution is 5.98. The van der Waals surface area contributed by atoms with Gasteiger partial charge < -0.3 is 9.64 Å². The van der Waals surface area contributed by atoms with Gasteiger partial charge in [0.25, 0.3) is 5.91 Å². The lowest BCUT2D eigenvalue weighted by Crippen LogP contribution is -2.54. The van der Waals surface area contributed by atoms with Crippen LogP contribution in [0.4, 0.5) is 0 Å². The number of aromatic nitrogens is 1. The number of piperidine rings is 1.